The minimum Gasteiger partial charge on any atom is -0.486 e. The molecule has 0 aliphatic carbocycles. The third-order valence-corrected chi connectivity index (χ3v) is 3.56. The lowest BCUT2D eigenvalue weighted by molar-refractivity contribution is -0.112. The van der Waals surface area contributed by atoms with E-state index < -0.39 is 5.91 Å². The van der Waals surface area contributed by atoms with E-state index >= 15 is 0 Å². The molecule has 0 spiro atoms. The Morgan fingerprint density at radius 1 is 1.17 bits per heavy atom. The molecule has 1 heterocycles. The van der Waals surface area contributed by atoms with Crippen molar-refractivity contribution in [2.24, 2.45) is 0 Å². The molecule has 6 heteroatoms. The Kier molecular flexibility index (Phi) is 4.69. The maximum atomic E-state index is 12.3. The Morgan fingerprint density at radius 3 is 2.71 bits per heavy atom. The van der Waals surface area contributed by atoms with Gasteiger partial charge in [-0.05, 0) is 35.9 Å². The summed E-state index contributed by atoms with van der Waals surface area (Å²) in [5.41, 5.74) is 1.18. The molecule has 0 fully saturated rings. The summed E-state index contributed by atoms with van der Waals surface area (Å²) in [7, 11) is 0. The van der Waals surface area contributed by atoms with E-state index in [-0.39, 0.29) is 5.57 Å². The first-order valence-electron chi connectivity index (χ1n) is 7.24. The van der Waals surface area contributed by atoms with Gasteiger partial charge in [0.05, 0.1) is 0 Å². The van der Waals surface area contributed by atoms with Gasteiger partial charge in [0.2, 0.25) is 0 Å². The van der Waals surface area contributed by atoms with Gasteiger partial charge in [0.15, 0.2) is 11.5 Å². The van der Waals surface area contributed by atoms with Gasteiger partial charge in [0.25, 0.3) is 5.91 Å². The minimum atomic E-state index is -0.505. The molecule has 1 amide bonds. The van der Waals surface area contributed by atoms with Crippen LogP contribution in [0.1, 0.15) is 5.56 Å². The number of carbonyl (C=O) groups excluding carboxylic acids is 1. The fourth-order valence-electron chi connectivity index (χ4n) is 2.23. The first kappa shape index (κ1) is 15.9. The Morgan fingerprint density at radius 2 is 1.96 bits per heavy atom. The van der Waals surface area contributed by atoms with Gasteiger partial charge < -0.3 is 14.8 Å². The van der Waals surface area contributed by atoms with Crippen molar-refractivity contribution in [1.29, 1.82) is 5.26 Å². The Hall–Kier alpha value is -2.97. The highest BCUT2D eigenvalue weighted by molar-refractivity contribution is 6.30. The molecule has 2 aromatic rings. The number of benzene rings is 2. The third kappa shape index (κ3) is 3.67. The van der Waals surface area contributed by atoms with E-state index in [2.05, 4.69) is 5.32 Å². The second-order valence-electron chi connectivity index (χ2n) is 5.04. The first-order valence-corrected chi connectivity index (χ1v) is 7.62. The van der Waals surface area contributed by atoms with Gasteiger partial charge in [-0.1, -0.05) is 23.7 Å². The second-order valence-corrected chi connectivity index (χ2v) is 5.47. The number of rotatable bonds is 3. The molecule has 0 saturated carbocycles. The molecule has 0 aromatic heterocycles. The number of fused-ring (bicyclic) bond motifs is 1. The van der Waals surface area contributed by atoms with Crippen LogP contribution in [-0.4, -0.2) is 19.1 Å². The molecule has 0 atom stereocenters. The Balaban J connectivity index is 1.79. The first-order chi connectivity index (χ1) is 11.7. The van der Waals surface area contributed by atoms with Crippen molar-refractivity contribution in [2.45, 2.75) is 0 Å². The van der Waals surface area contributed by atoms with Crippen LogP contribution < -0.4 is 14.8 Å². The van der Waals surface area contributed by atoms with Gasteiger partial charge in [-0.15, -0.1) is 0 Å². The summed E-state index contributed by atoms with van der Waals surface area (Å²) in [6.45, 7) is 0.960. The molecule has 120 valence electrons. The molecule has 0 radical (unpaired) electrons. The summed E-state index contributed by atoms with van der Waals surface area (Å²) in [4.78, 5) is 12.3. The smallest absolute Gasteiger partial charge is 0.266 e. The number of ether oxygens (including phenoxy) is 2. The molecular weight excluding hydrogens is 328 g/mol. The number of hydrogen-bond donors (Lipinski definition) is 1. The fraction of sp³-hybridized carbons (Fsp3) is 0.111. The van der Waals surface area contributed by atoms with Crippen molar-refractivity contribution >= 4 is 29.3 Å². The summed E-state index contributed by atoms with van der Waals surface area (Å²) >= 11 is 5.91. The number of hydrogen-bond acceptors (Lipinski definition) is 4. The maximum Gasteiger partial charge on any atom is 0.266 e. The van der Waals surface area contributed by atoms with E-state index in [1.807, 2.05) is 6.07 Å². The van der Waals surface area contributed by atoms with E-state index in [0.717, 1.165) is 0 Å². The number of nitrogens with one attached hydrogen (secondary N) is 1. The zero-order valence-electron chi connectivity index (χ0n) is 12.6. The summed E-state index contributed by atoms with van der Waals surface area (Å²) in [5, 5.41) is 12.5. The van der Waals surface area contributed by atoms with Crippen LogP contribution in [0.3, 0.4) is 0 Å². The number of carbonyl (C=O) groups is 1. The largest absolute Gasteiger partial charge is 0.486 e. The predicted octanol–water partition coefficient (Wildman–Crippen LogP) is 3.66. The predicted molar refractivity (Wildman–Crippen MR) is 91.1 cm³/mol. The fourth-order valence-corrected chi connectivity index (χ4v) is 2.43. The highest BCUT2D eigenvalue weighted by atomic mass is 35.5. The van der Waals surface area contributed by atoms with Gasteiger partial charge in [-0.3, -0.25) is 4.79 Å². The van der Waals surface area contributed by atoms with E-state index in [4.69, 9.17) is 21.1 Å². The minimum absolute atomic E-state index is 0.0212. The van der Waals surface area contributed by atoms with Crippen molar-refractivity contribution in [1.82, 2.24) is 0 Å². The van der Waals surface area contributed by atoms with Crippen LogP contribution in [0.25, 0.3) is 6.08 Å². The van der Waals surface area contributed by atoms with Gasteiger partial charge >= 0.3 is 0 Å². The zero-order chi connectivity index (χ0) is 16.9. The van der Waals surface area contributed by atoms with Crippen LogP contribution in [0.2, 0.25) is 5.02 Å². The Labute approximate surface area is 144 Å². The van der Waals surface area contributed by atoms with E-state index in [1.165, 1.54) is 6.08 Å². The molecule has 0 unspecified atom stereocenters. The van der Waals surface area contributed by atoms with E-state index in [0.29, 0.717) is 41.0 Å². The molecule has 1 N–H and O–H groups in total. The standard InChI is InChI=1S/C18H13ClN2O3/c19-14-3-1-2-12(9-14)8-13(11-20)18(22)21-15-4-5-16-17(10-15)24-7-6-23-16/h1-5,8-10H,6-7H2,(H,21,22). The van der Waals surface area contributed by atoms with Crippen molar-refractivity contribution in [3.8, 4) is 17.6 Å². The lowest BCUT2D eigenvalue weighted by Gasteiger charge is -2.18. The summed E-state index contributed by atoms with van der Waals surface area (Å²) in [5.74, 6) is 0.694. The molecule has 0 saturated heterocycles. The summed E-state index contributed by atoms with van der Waals surface area (Å²) in [6, 6.07) is 13.9. The normalized spacial score (nSPS) is 13.1. The molecule has 3 rings (SSSR count). The molecule has 24 heavy (non-hydrogen) atoms. The summed E-state index contributed by atoms with van der Waals surface area (Å²) < 4.78 is 10.9. The van der Waals surface area contributed by atoms with Crippen LogP contribution in [0.4, 0.5) is 5.69 Å². The molecule has 0 bridgehead atoms. The van der Waals surface area contributed by atoms with Crippen LogP contribution in [0, 0.1) is 11.3 Å². The average molecular weight is 341 g/mol. The summed E-state index contributed by atoms with van der Waals surface area (Å²) in [6.07, 6.45) is 1.49. The molecule has 1 aliphatic heterocycles. The topological polar surface area (TPSA) is 71.4 Å². The van der Waals surface area contributed by atoms with Crippen LogP contribution in [-0.2, 0) is 4.79 Å². The zero-order valence-corrected chi connectivity index (χ0v) is 13.3. The number of anilines is 1. The molecular formula is C18H13ClN2O3. The number of amides is 1. The molecule has 1 aliphatic rings. The number of halogens is 1. The Bertz CT molecular complexity index is 856. The lowest BCUT2D eigenvalue weighted by Crippen LogP contribution is -2.17. The monoisotopic (exact) mass is 340 g/mol. The van der Waals surface area contributed by atoms with Gasteiger partial charge in [0.1, 0.15) is 24.9 Å². The number of nitriles is 1. The van der Waals surface area contributed by atoms with Gasteiger partial charge in [-0.2, -0.15) is 5.26 Å². The van der Waals surface area contributed by atoms with Crippen molar-refractivity contribution < 1.29 is 14.3 Å². The molecule has 5 nitrogen and oxygen atoms in total. The second kappa shape index (κ2) is 7.07. The average Bonchev–Trinajstić information content (AvgIpc) is 2.59. The van der Waals surface area contributed by atoms with Crippen LogP contribution in [0.5, 0.6) is 11.5 Å². The van der Waals surface area contributed by atoms with Crippen LogP contribution in [0.15, 0.2) is 48.0 Å². The van der Waals surface area contributed by atoms with Crippen molar-refractivity contribution in [3.05, 3.63) is 58.6 Å². The molecule has 2 aromatic carbocycles. The highest BCUT2D eigenvalue weighted by Crippen LogP contribution is 2.32. The van der Waals surface area contributed by atoms with E-state index in [1.54, 1.807) is 42.5 Å². The van der Waals surface area contributed by atoms with Gasteiger partial charge in [0, 0.05) is 16.8 Å². The maximum absolute atomic E-state index is 12.3. The van der Waals surface area contributed by atoms with Crippen LogP contribution >= 0.6 is 11.6 Å². The highest BCUT2D eigenvalue weighted by Gasteiger charge is 2.14. The lowest BCUT2D eigenvalue weighted by atomic mass is 10.1. The SMILES string of the molecule is N#CC(=Cc1cccc(Cl)c1)C(=O)Nc1ccc2c(c1)OCCO2. The van der Waals surface area contributed by atoms with Gasteiger partial charge in [-0.25, -0.2) is 0 Å². The van der Waals surface area contributed by atoms with Crippen molar-refractivity contribution in [2.75, 3.05) is 18.5 Å². The quantitative estimate of drug-likeness (QED) is 0.683. The van der Waals surface area contributed by atoms with Crippen molar-refractivity contribution in [3.63, 3.8) is 0 Å². The third-order valence-electron chi connectivity index (χ3n) is 3.32. The van der Waals surface area contributed by atoms with E-state index in [9.17, 15) is 10.1 Å². The number of nitrogens with zero attached hydrogens (tertiary/aromatic N) is 1.